The van der Waals surface area contributed by atoms with Gasteiger partial charge in [-0.2, -0.15) is 0 Å². The van der Waals surface area contributed by atoms with Crippen molar-refractivity contribution in [3.63, 3.8) is 0 Å². The maximum Gasteiger partial charge on any atom is 0.330 e. The fourth-order valence-corrected chi connectivity index (χ4v) is 2.21. The number of H-pyrrole nitrogens is 1. The van der Waals surface area contributed by atoms with Crippen LogP contribution in [0.5, 0.6) is 0 Å². The molecule has 0 aromatic carbocycles. The number of nitrogens with one attached hydrogen (secondary N) is 1. The Bertz CT molecular complexity index is 594. The second-order valence-corrected chi connectivity index (χ2v) is 4.77. The Balaban J connectivity index is 2.55. The number of hydrogen-bond donors (Lipinski definition) is 4. The van der Waals surface area contributed by atoms with Gasteiger partial charge in [0.05, 0.1) is 6.61 Å². The van der Waals surface area contributed by atoms with Gasteiger partial charge in [0.2, 0.25) is 0 Å². The topological polar surface area (TPSA) is 125 Å². The molecular formula is C11H16N2O6. The zero-order valence-electron chi connectivity index (χ0n) is 10.5. The van der Waals surface area contributed by atoms with Gasteiger partial charge < -0.3 is 20.1 Å². The van der Waals surface area contributed by atoms with Gasteiger partial charge in [-0.25, -0.2) is 4.79 Å². The normalized spacial score (nSPS) is 34.7. The fourth-order valence-electron chi connectivity index (χ4n) is 2.21. The number of aromatic nitrogens is 2. The number of aliphatic hydroxyl groups is 3. The zero-order valence-corrected chi connectivity index (χ0v) is 10.5. The van der Waals surface area contributed by atoms with E-state index in [1.54, 1.807) is 0 Å². The van der Waals surface area contributed by atoms with E-state index in [9.17, 15) is 19.8 Å². The largest absolute Gasteiger partial charge is 0.394 e. The quantitative estimate of drug-likeness (QED) is 0.477. The van der Waals surface area contributed by atoms with Crippen molar-refractivity contribution in [1.29, 1.82) is 0 Å². The third kappa shape index (κ3) is 2.02. The van der Waals surface area contributed by atoms with Crippen molar-refractivity contribution >= 4 is 0 Å². The van der Waals surface area contributed by atoms with Crippen LogP contribution in [0.4, 0.5) is 0 Å². The first-order valence-electron chi connectivity index (χ1n) is 5.79. The SMILES string of the molecule is Cc1cn([C@]2(C)O[C@H](CO)[C@@H](O)[C@H]2O)c(=O)[nH]c1=O. The molecule has 0 spiro atoms. The molecule has 4 atom stereocenters. The van der Waals surface area contributed by atoms with E-state index in [0.29, 0.717) is 0 Å². The molecule has 0 bridgehead atoms. The van der Waals surface area contributed by atoms with E-state index in [-0.39, 0.29) is 5.56 Å². The molecule has 1 aliphatic heterocycles. The second-order valence-electron chi connectivity index (χ2n) is 4.77. The molecule has 0 saturated carbocycles. The molecule has 8 heteroatoms. The van der Waals surface area contributed by atoms with Gasteiger partial charge >= 0.3 is 5.69 Å². The highest BCUT2D eigenvalue weighted by Crippen LogP contribution is 2.34. The van der Waals surface area contributed by atoms with Crippen molar-refractivity contribution in [2.45, 2.75) is 37.9 Å². The van der Waals surface area contributed by atoms with E-state index in [1.165, 1.54) is 20.0 Å². The first kappa shape index (κ1) is 13.9. The summed E-state index contributed by atoms with van der Waals surface area (Å²) in [5.74, 6) is 0. The van der Waals surface area contributed by atoms with Gasteiger partial charge in [0.1, 0.15) is 18.3 Å². The molecule has 4 N–H and O–H groups in total. The molecule has 1 aliphatic rings. The third-order valence-electron chi connectivity index (χ3n) is 3.42. The van der Waals surface area contributed by atoms with Gasteiger partial charge in [-0.1, -0.05) is 0 Å². The number of aliphatic hydroxyl groups excluding tert-OH is 3. The highest BCUT2D eigenvalue weighted by molar-refractivity contribution is 5.06. The average molecular weight is 272 g/mol. The minimum absolute atomic E-state index is 0.263. The summed E-state index contributed by atoms with van der Waals surface area (Å²) in [7, 11) is 0. The van der Waals surface area contributed by atoms with Gasteiger partial charge in [-0.05, 0) is 13.8 Å². The Hall–Kier alpha value is -1.48. The van der Waals surface area contributed by atoms with Gasteiger partial charge in [0.15, 0.2) is 5.72 Å². The monoisotopic (exact) mass is 272 g/mol. The summed E-state index contributed by atoms with van der Waals surface area (Å²) >= 11 is 0. The first-order valence-corrected chi connectivity index (χ1v) is 5.79. The average Bonchev–Trinajstić information content (AvgIpc) is 2.59. The minimum Gasteiger partial charge on any atom is -0.394 e. The fraction of sp³-hybridized carbons (Fsp3) is 0.636. The smallest absolute Gasteiger partial charge is 0.330 e. The van der Waals surface area contributed by atoms with Crippen LogP contribution in [-0.2, 0) is 10.5 Å². The highest BCUT2D eigenvalue weighted by Gasteiger charge is 2.52. The van der Waals surface area contributed by atoms with Crippen molar-refractivity contribution in [3.8, 4) is 0 Å². The summed E-state index contributed by atoms with van der Waals surface area (Å²) in [6.07, 6.45) is -2.49. The Labute approximate surface area is 107 Å². The van der Waals surface area contributed by atoms with Crippen LogP contribution >= 0.6 is 0 Å². The molecule has 8 nitrogen and oxygen atoms in total. The lowest BCUT2D eigenvalue weighted by Gasteiger charge is -2.29. The van der Waals surface area contributed by atoms with Crippen molar-refractivity contribution in [3.05, 3.63) is 32.6 Å². The van der Waals surface area contributed by atoms with E-state index >= 15 is 0 Å². The number of aryl methyl sites for hydroxylation is 1. The van der Waals surface area contributed by atoms with E-state index in [0.717, 1.165) is 4.57 Å². The van der Waals surface area contributed by atoms with Gasteiger partial charge in [-0.15, -0.1) is 0 Å². The standard InChI is InChI=1S/C11H16N2O6/c1-5-3-13(10(18)12-9(5)17)11(2)8(16)7(15)6(4-14)19-11/h3,6-8,14-16H,4H2,1-2H3,(H,12,17,18)/t6-,7-,8-,11-/m1/s1. The maximum absolute atomic E-state index is 11.8. The number of nitrogens with zero attached hydrogens (tertiary/aromatic N) is 1. The molecule has 0 aliphatic carbocycles. The predicted octanol–water partition coefficient (Wildman–Crippen LogP) is -2.37. The molecule has 0 amide bonds. The third-order valence-corrected chi connectivity index (χ3v) is 3.42. The summed E-state index contributed by atoms with van der Waals surface area (Å²) in [5.41, 5.74) is -2.59. The van der Waals surface area contributed by atoms with Crippen LogP contribution in [0, 0.1) is 6.92 Å². The lowest BCUT2D eigenvalue weighted by molar-refractivity contribution is -0.137. The highest BCUT2D eigenvalue weighted by atomic mass is 16.6. The van der Waals surface area contributed by atoms with Crippen LogP contribution in [0.3, 0.4) is 0 Å². The Morgan fingerprint density at radius 1 is 1.47 bits per heavy atom. The molecule has 1 aromatic rings. The molecule has 1 fully saturated rings. The van der Waals surface area contributed by atoms with Crippen LogP contribution in [0.15, 0.2) is 15.8 Å². The second kappa shape index (κ2) is 4.57. The van der Waals surface area contributed by atoms with Crippen molar-refractivity contribution < 1.29 is 20.1 Å². The molecule has 19 heavy (non-hydrogen) atoms. The minimum atomic E-state index is -1.56. The molecule has 1 saturated heterocycles. The number of hydrogen-bond acceptors (Lipinski definition) is 6. The summed E-state index contributed by atoms with van der Waals surface area (Å²) in [6.45, 7) is 2.40. The van der Waals surface area contributed by atoms with Crippen molar-refractivity contribution in [1.82, 2.24) is 9.55 Å². The van der Waals surface area contributed by atoms with Gasteiger partial charge in [0.25, 0.3) is 5.56 Å². The predicted molar refractivity (Wildman–Crippen MR) is 63.7 cm³/mol. The van der Waals surface area contributed by atoms with E-state index < -0.39 is 41.9 Å². The summed E-state index contributed by atoms with van der Waals surface area (Å²) in [6, 6.07) is 0. The molecule has 1 aromatic heterocycles. The zero-order chi connectivity index (χ0) is 14.4. The number of ether oxygens (including phenoxy) is 1. The Morgan fingerprint density at radius 3 is 2.63 bits per heavy atom. The maximum atomic E-state index is 11.8. The van der Waals surface area contributed by atoms with E-state index in [2.05, 4.69) is 4.98 Å². The van der Waals surface area contributed by atoms with Crippen LogP contribution < -0.4 is 11.2 Å². The molecule has 2 rings (SSSR count). The number of rotatable bonds is 2. The van der Waals surface area contributed by atoms with Crippen LogP contribution in [0.2, 0.25) is 0 Å². The molecule has 0 unspecified atom stereocenters. The van der Waals surface area contributed by atoms with Crippen LogP contribution in [0.25, 0.3) is 0 Å². The van der Waals surface area contributed by atoms with Crippen LogP contribution in [0.1, 0.15) is 12.5 Å². The van der Waals surface area contributed by atoms with Crippen molar-refractivity contribution in [2.24, 2.45) is 0 Å². The Kier molecular flexibility index (Phi) is 3.35. The molecular weight excluding hydrogens is 256 g/mol. The Morgan fingerprint density at radius 2 is 2.11 bits per heavy atom. The molecule has 106 valence electrons. The summed E-state index contributed by atoms with van der Waals surface area (Å²) in [5, 5.41) is 28.8. The summed E-state index contributed by atoms with van der Waals surface area (Å²) < 4.78 is 6.38. The summed E-state index contributed by atoms with van der Waals surface area (Å²) in [4.78, 5) is 25.2. The van der Waals surface area contributed by atoms with Crippen molar-refractivity contribution in [2.75, 3.05) is 6.61 Å². The first-order chi connectivity index (χ1) is 8.81. The molecule has 2 heterocycles. The lowest BCUT2D eigenvalue weighted by Crippen LogP contribution is -2.49. The lowest BCUT2D eigenvalue weighted by atomic mass is 10.0. The van der Waals surface area contributed by atoms with E-state index in [4.69, 9.17) is 9.84 Å². The van der Waals surface area contributed by atoms with E-state index in [1.807, 2.05) is 0 Å². The number of aromatic amines is 1. The molecule has 0 radical (unpaired) electrons. The van der Waals surface area contributed by atoms with Crippen LogP contribution in [-0.4, -0.2) is 49.8 Å². The van der Waals surface area contributed by atoms with Gasteiger partial charge in [0, 0.05) is 11.8 Å². The van der Waals surface area contributed by atoms with Gasteiger partial charge in [-0.3, -0.25) is 14.3 Å².